The molecule has 5 heteroatoms. The molecule has 3 N–H and O–H groups in total. The topological polar surface area (TPSA) is 71.1 Å². The van der Waals surface area contributed by atoms with Crippen molar-refractivity contribution in [1.29, 1.82) is 0 Å². The second kappa shape index (κ2) is 7.75. The number of amidine groups is 1. The molecule has 0 radical (unpaired) electrons. The fourth-order valence-electron chi connectivity index (χ4n) is 2.63. The molecule has 1 saturated heterocycles. The van der Waals surface area contributed by atoms with E-state index in [1.807, 2.05) is 30.3 Å². The van der Waals surface area contributed by atoms with E-state index in [2.05, 4.69) is 10.1 Å². The van der Waals surface area contributed by atoms with Gasteiger partial charge in [0.2, 0.25) is 0 Å². The van der Waals surface area contributed by atoms with Crippen LogP contribution in [0.5, 0.6) is 5.75 Å². The number of piperidine rings is 1. The van der Waals surface area contributed by atoms with E-state index in [1.165, 1.54) is 6.42 Å². The van der Waals surface area contributed by atoms with Crippen molar-refractivity contribution in [3.8, 4) is 5.75 Å². The summed E-state index contributed by atoms with van der Waals surface area (Å²) in [6, 6.07) is 9.90. The maximum absolute atomic E-state index is 8.84. The summed E-state index contributed by atoms with van der Waals surface area (Å²) in [5.41, 5.74) is 5.76. The van der Waals surface area contributed by atoms with Crippen LogP contribution in [0.25, 0.3) is 0 Å². The van der Waals surface area contributed by atoms with Crippen LogP contribution < -0.4 is 10.5 Å². The molecule has 1 unspecified atom stereocenters. The lowest BCUT2D eigenvalue weighted by Crippen LogP contribution is -2.48. The molecule has 0 spiro atoms. The zero-order valence-electron chi connectivity index (χ0n) is 11.7. The van der Waals surface area contributed by atoms with Gasteiger partial charge >= 0.3 is 0 Å². The maximum Gasteiger partial charge on any atom is 0.156 e. The van der Waals surface area contributed by atoms with Crippen LogP contribution in [0.15, 0.2) is 35.5 Å². The van der Waals surface area contributed by atoms with E-state index in [0.717, 1.165) is 38.1 Å². The molecule has 1 atom stereocenters. The number of oxime groups is 1. The van der Waals surface area contributed by atoms with E-state index in [0.29, 0.717) is 12.4 Å². The van der Waals surface area contributed by atoms with Gasteiger partial charge in [-0.25, -0.2) is 0 Å². The monoisotopic (exact) mass is 277 g/mol. The highest BCUT2D eigenvalue weighted by molar-refractivity contribution is 5.85. The average Bonchev–Trinajstić information content (AvgIpc) is 2.52. The van der Waals surface area contributed by atoms with Crippen molar-refractivity contribution in [2.45, 2.75) is 31.7 Å². The zero-order chi connectivity index (χ0) is 14.2. The highest BCUT2D eigenvalue weighted by atomic mass is 16.5. The summed E-state index contributed by atoms with van der Waals surface area (Å²) < 4.78 is 5.68. The zero-order valence-corrected chi connectivity index (χ0v) is 11.7. The van der Waals surface area contributed by atoms with Crippen LogP contribution in [0.4, 0.5) is 0 Å². The molecule has 1 aliphatic heterocycles. The van der Waals surface area contributed by atoms with Crippen LogP contribution in [-0.2, 0) is 0 Å². The molecule has 0 amide bonds. The lowest BCUT2D eigenvalue weighted by atomic mass is 10.0. The Morgan fingerprint density at radius 1 is 1.35 bits per heavy atom. The van der Waals surface area contributed by atoms with Crippen LogP contribution in [0.1, 0.15) is 25.7 Å². The van der Waals surface area contributed by atoms with E-state index < -0.39 is 0 Å². The van der Waals surface area contributed by atoms with Gasteiger partial charge in [0.05, 0.1) is 12.6 Å². The summed E-state index contributed by atoms with van der Waals surface area (Å²) in [6.07, 6.45) is 4.21. The van der Waals surface area contributed by atoms with Gasteiger partial charge < -0.3 is 15.7 Å². The molecule has 1 aromatic carbocycles. The number of hydrogen-bond donors (Lipinski definition) is 2. The Kier molecular flexibility index (Phi) is 5.68. The number of hydrogen-bond acceptors (Lipinski definition) is 4. The summed E-state index contributed by atoms with van der Waals surface area (Å²) in [6.45, 7) is 2.60. The minimum Gasteiger partial charge on any atom is -0.494 e. The highest BCUT2D eigenvalue weighted by Gasteiger charge is 2.25. The van der Waals surface area contributed by atoms with Gasteiger partial charge in [0, 0.05) is 6.54 Å². The molecule has 1 fully saturated rings. The van der Waals surface area contributed by atoms with E-state index in [1.54, 1.807) is 0 Å². The first kappa shape index (κ1) is 14.7. The third kappa shape index (κ3) is 4.13. The van der Waals surface area contributed by atoms with Crippen LogP contribution in [0, 0.1) is 0 Å². The number of likely N-dealkylation sites (tertiary alicyclic amines) is 1. The third-order valence-electron chi connectivity index (χ3n) is 3.67. The Hall–Kier alpha value is -1.75. The molecule has 1 aromatic rings. The lowest BCUT2D eigenvalue weighted by Gasteiger charge is -2.34. The SMILES string of the molecule is NC(=NO)C1CCCCN1CCCOc1ccccc1. The van der Waals surface area contributed by atoms with Gasteiger partial charge in [0.15, 0.2) is 5.84 Å². The summed E-state index contributed by atoms with van der Waals surface area (Å²) in [7, 11) is 0. The Labute approximate surface area is 120 Å². The van der Waals surface area contributed by atoms with Gasteiger partial charge in [-0.05, 0) is 37.9 Å². The van der Waals surface area contributed by atoms with Crippen LogP contribution >= 0.6 is 0 Å². The number of para-hydroxylation sites is 1. The minimum atomic E-state index is 0.0745. The van der Waals surface area contributed by atoms with Crippen molar-refractivity contribution < 1.29 is 9.94 Å². The Morgan fingerprint density at radius 3 is 2.90 bits per heavy atom. The first-order chi connectivity index (χ1) is 9.81. The van der Waals surface area contributed by atoms with Crippen LogP contribution in [0.2, 0.25) is 0 Å². The molecule has 0 aliphatic carbocycles. The Balaban J connectivity index is 1.74. The fourth-order valence-corrected chi connectivity index (χ4v) is 2.63. The van der Waals surface area contributed by atoms with Crippen LogP contribution in [0.3, 0.4) is 0 Å². The quantitative estimate of drug-likeness (QED) is 0.274. The summed E-state index contributed by atoms with van der Waals surface area (Å²) >= 11 is 0. The highest BCUT2D eigenvalue weighted by Crippen LogP contribution is 2.17. The number of rotatable bonds is 6. The molecule has 110 valence electrons. The number of nitrogens with two attached hydrogens (primary N) is 1. The first-order valence-corrected chi connectivity index (χ1v) is 7.20. The Morgan fingerprint density at radius 2 is 2.15 bits per heavy atom. The molecule has 5 nitrogen and oxygen atoms in total. The van der Waals surface area contributed by atoms with Crippen molar-refractivity contribution in [2.75, 3.05) is 19.7 Å². The fraction of sp³-hybridized carbons (Fsp3) is 0.533. The largest absolute Gasteiger partial charge is 0.494 e. The smallest absolute Gasteiger partial charge is 0.156 e. The van der Waals surface area contributed by atoms with Gasteiger partial charge in [-0.1, -0.05) is 29.8 Å². The number of nitrogens with zero attached hydrogens (tertiary/aromatic N) is 2. The standard InChI is InChI=1S/C15H23N3O2/c16-15(17-19)14-9-4-5-10-18(14)11-6-12-20-13-7-2-1-3-8-13/h1-3,7-8,14,19H,4-6,9-12H2,(H2,16,17). The van der Waals surface area contributed by atoms with E-state index >= 15 is 0 Å². The lowest BCUT2D eigenvalue weighted by molar-refractivity contribution is 0.171. The predicted molar refractivity (Wildman–Crippen MR) is 79.2 cm³/mol. The number of benzene rings is 1. The molecular weight excluding hydrogens is 254 g/mol. The minimum absolute atomic E-state index is 0.0745. The van der Waals surface area contributed by atoms with Crippen LogP contribution in [-0.4, -0.2) is 41.7 Å². The van der Waals surface area contributed by atoms with Crippen molar-refractivity contribution in [3.05, 3.63) is 30.3 Å². The number of ether oxygens (including phenoxy) is 1. The van der Waals surface area contributed by atoms with Gasteiger partial charge in [0.1, 0.15) is 5.75 Å². The molecule has 1 heterocycles. The van der Waals surface area contributed by atoms with Crippen molar-refractivity contribution in [1.82, 2.24) is 4.90 Å². The molecule has 20 heavy (non-hydrogen) atoms. The first-order valence-electron chi connectivity index (χ1n) is 7.20. The molecule has 0 bridgehead atoms. The van der Waals surface area contributed by atoms with E-state index in [9.17, 15) is 0 Å². The normalized spacial score (nSPS) is 20.8. The molecule has 0 saturated carbocycles. The van der Waals surface area contributed by atoms with E-state index in [4.69, 9.17) is 15.7 Å². The summed E-state index contributed by atoms with van der Waals surface area (Å²) in [4.78, 5) is 2.28. The van der Waals surface area contributed by atoms with Gasteiger partial charge in [0.25, 0.3) is 0 Å². The molecular formula is C15H23N3O2. The summed E-state index contributed by atoms with van der Waals surface area (Å²) in [5, 5.41) is 12.0. The Bertz CT molecular complexity index is 422. The molecule has 2 rings (SSSR count). The van der Waals surface area contributed by atoms with Crippen molar-refractivity contribution >= 4 is 5.84 Å². The second-order valence-electron chi connectivity index (χ2n) is 5.09. The van der Waals surface area contributed by atoms with Crippen molar-refractivity contribution in [2.24, 2.45) is 10.9 Å². The third-order valence-corrected chi connectivity index (χ3v) is 3.67. The maximum atomic E-state index is 8.84. The van der Waals surface area contributed by atoms with Gasteiger partial charge in [-0.3, -0.25) is 4.90 Å². The second-order valence-corrected chi connectivity index (χ2v) is 5.09. The predicted octanol–water partition coefficient (Wildman–Crippen LogP) is 2.06. The van der Waals surface area contributed by atoms with E-state index in [-0.39, 0.29) is 6.04 Å². The average molecular weight is 277 g/mol. The van der Waals surface area contributed by atoms with Crippen molar-refractivity contribution in [3.63, 3.8) is 0 Å². The van der Waals surface area contributed by atoms with Gasteiger partial charge in [-0.2, -0.15) is 0 Å². The molecule has 1 aliphatic rings. The van der Waals surface area contributed by atoms with Gasteiger partial charge in [-0.15, -0.1) is 0 Å². The summed E-state index contributed by atoms with van der Waals surface area (Å²) in [5.74, 6) is 1.23. The molecule has 0 aromatic heterocycles.